The lowest BCUT2D eigenvalue weighted by molar-refractivity contribution is -0.386. The molecule has 0 radical (unpaired) electrons. The first-order valence-corrected chi connectivity index (χ1v) is 5.79. The molecule has 0 heterocycles. The van der Waals surface area contributed by atoms with Gasteiger partial charge in [0.1, 0.15) is 12.2 Å². The van der Waals surface area contributed by atoms with Crippen LogP contribution in [0.15, 0.2) is 24.3 Å². The number of hydrogen-bond donors (Lipinski definition) is 1. The third-order valence-electron chi connectivity index (χ3n) is 2.79. The molecule has 0 aliphatic carbocycles. The van der Waals surface area contributed by atoms with Gasteiger partial charge in [0.05, 0.1) is 10.5 Å². The van der Waals surface area contributed by atoms with Crippen molar-refractivity contribution in [3.63, 3.8) is 0 Å². The molecule has 0 amide bonds. The molecule has 0 aromatic heterocycles. The second-order valence-electron chi connectivity index (χ2n) is 5.28. The van der Waals surface area contributed by atoms with Crippen molar-refractivity contribution in [2.75, 3.05) is 0 Å². The molecule has 2 atom stereocenters. The number of hydrogen-bond acceptors (Lipinski definition) is 5. The minimum absolute atomic E-state index is 0.134. The number of benzene rings is 1. The zero-order chi connectivity index (χ0) is 14.6. The van der Waals surface area contributed by atoms with Crippen LogP contribution < -0.4 is 0 Å². The molecule has 0 bridgehead atoms. The average molecular weight is 267 g/mol. The highest BCUT2D eigenvalue weighted by Crippen LogP contribution is 2.35. The van der Waals surface area contributed by atoms with Gasteiger partial charge in [0, 0.05) is 11.5 Å². The second-order valence-corrected chi connectivity index (χ2v) is 5.28. The van der Waals surface area contributed by atoms with Crippen LogP contribution in [0.2, 0.25) is 0 Å². The number of aliphatic hydroxyl groups is 1. The molecule has 0 spiro atoms. The van der Waals surface area contributed by atoms with Crippen molar-refractivity contribution in [2.45, 2.75) is 33.0 Å². The number of nitrogens with zero attached hydrogens (tertiary/aromatic N) is 1. The van der Waals surface area contributed by atoms with Gasteiger partial charge in [0.2, 0.25) is 0 Å². The average Bonchev–Trinajstić information content (AvgIpc) is 2.33. The minimum Gasteiger partial charge on any atom is -0.461 e. The van der Waals surface area contributed by atoms with E-state index in [1.807, 2.05) is 0 Å². The molecule has 1 aromatic carbocycles. The Kier molecular flexibility index (Phi) is 4.61. The summed E-state index contributed by atoms with van der Waals surface area (Å²) in [5.74, 6) is 0. The Labute approximate surface area is 111 Å². The van der Waals surface area contributed by atoms with Crippen molar-refractivity contribution >= 4 is 12.2 Å². The van der Waals surface area contributed by atoms with E-state index in [0.29, 0.717) is 0 Å². The summed E-state index contributed by atoms with van der Waals surface area (Å²) in [4.78, 5) is 20.9. The molecule has 6 heteroatoms. The first-order valence-electron chi connectivity index (χ1n) is 5.79. The standard InChI is InChI=1S/C13H17NO5/c1-13(2,3)12(19-8-15)11(16)9-6-4-5-7-10(9)14(17)18/h4-8,11-12,16H,1-3H3. The van der Waals surface area contributed by atoms with Crippen LogP contribution in [0.25, 0.3) is 0 Å². The van der Waals surface area contributed by atoms with E-state index in [0.717, 1.165) is 0 Å². The number of aliphatic hydroxyl groups excluding tert-OH is 1. The van der Waals surface area contributed by atoms with Crippen LogP contribution in [0.4, 0.5) is 5.69 Å². The van der Waals surface area contributed by atoms with Crippen LogP contribution in [0.3, 0.4) is 0 Å². The lowest BCUT2D eigenvalue weighted by Gasteiger charge is -2.32. The van der Waals surface area contributed by atoms with E-state index in [9.17, 15) is 20.0 Å². The number of carbonyl (C=O) groups is 1. The van der Waals surface area contributed by atoms with Crippen LogP contribution in [-0.2, 0) is 9.53 Å². The summed E-state index contributed by atoms with van der Waals surface area (Å²) in [7, 11) is 0. The van der Waals surface area contributed by atoms with Gasteiger partial charge in [0.25, 0.3) is 12.2 Å². The van der Waals surface area contributed by atoms with Crippen molar-refractivity contribution in [3.8, 4) is 0 Å². The molecule has 0 fully saturated rings. The maximum absolute atomic E-state index is 10.9. The van der Waals surface area contributed by atoms with Gasteiger partial charge >= 0.3 is 0 Å². The highest BCUT2D eigenvalue weighted by atomic mass is 16.6. The van der Waals surface area contributed by atoms with Crippen molar-refractivity contribution in [3.05, 3.63) is 39.9 Å². The summed E-state index contributed by atoms with van der Waals surface area (Å²) in [6.07, 6.45) is -2.13. The molecule has 0 saturated carbocycles. The summed E-state index contributed by atoms with van der Waals surface area (Å²) in [5, 5.41) is 21.2. The maximum atomic E-state index is 10.9. The van der Waals surface area contributed by atoms with Gasteiger partial charge in [-0.25, -0.2) is 0 Å². The van der Waals surface area contributed by atoms with Gasteiger partial charge in [-0.3, -0.25) is 14.9 Å². The molecule has 0 saturated heterocycles. The van der Waals surface area contributed by atoms with Gasteiger partial charge in [-0.15, -0.1) is 0 Å². The van der Waals surface area contributed by atoms with Crippen molar-refractivity contribution in [1.29, 1.82) is 0 Å². The number of ether oxygens (including phenoxy) is 1. The highest BCUT2D eigenvalue weighted by molar-refractivity contribution is 5.43. The highest BCUT2D eigenvalue weighted by Gasteiger charge is 2.36. The van der Waals surface area contributed by atoms with Crippen LogP contribution in [0.5, 0.6) is 0 Å². The van der Waals surface area contributed by atoms with E-state index >= 15 is 0 Å². The molecular formula is C13H17NO5. The molecule has 1 rings (SSSR count). The predicted octanol–water partition coefficient (Wildman–Crippen LogP) is 2.22. The fraction of sp³-hybridized carbons (Fsp3) is 0.462. The molecule has 1 N–H and O–H groups in total. The van der Waals surface area contributed by atoms with E-state index in [1.54, 1.807) is 26.8 Å². The zero-order valence-electron chi connectivity index (χ0n) is 11.1. The molecule has 0 aliphatic rings. The Morgan fingerprint density at radius 2 is 1.95 bits per heavy atom. The summed E-state index contributed by atoms with van der Waals surface area (Å²) < 4.78 is 4.90. The van der Waals surface area contributed by atoms with Crippen molar-refractivity contribution in [2.24, 2.45) is 5.41 Å². The van der Waals surface area contributed by atoms with Crippen LogP contribution in [0.1, 0.15) is 32.4 Å². The number of para-hydroxylation sites is 1. The number of nitro groups is 1. The van der Waals surface area contributed by atoms with E-state index in [-0.39, 0.29) is 17.7 Å². The van der Waals surface area contributed by atoms with E-state index in [4.69, 9.17) is 4.74 Å². The Bertz CT molecular complexity index is 466. The first kappa shape index (κ1) is 15.1. The van der Waals surface area contributed by atoms with Crippen molar-refractivity contribution < 1.29 is 19.6 Å². The van der Waals surface area contributed by atoms with Crippen LogP contribution >= 0.6 is 0 Å². The summed E-state index contributed by atoms with van der Waals surface area (Å²) >= 11 is 0. The molecule has 19 heavy (non-hydrogen) atoms. The Morgan fingerprint density at radius 3 is 2.42 bits per heavy atom. The van der Waals surface area contributed by atoms with Gasteiger partial charge in [-0.1, -0.05) is 32.9 Å². The third-order valence-corrected chi connectivity index (χ3v) is 2.79. The van der Waals surface area contributed by atoms with Crippen LogP contribution in [0, 0.1) is 15.5 Å². The smallest absolute Gasteiger partial charge is 0.293 e. The van der Waals surface area contributed by atoms with Crippen molar-refractivity contribution in [1.82, 2.24) is 0 Å². The molecule has 104 valence electrons. The molecule has 1 aromatic rings. The second kappa shape index (κ2) is 5.79. The zero-order valence-corrected chi connectivity index (χ0v) is 11.1. The SMILES string of the molecule is CC(C)(C)C(OC=O)C(O)c1ccccc1[N+](=O)[O-]. The number of rotatable bonds is 5. The lowest BCUT2D eigenvalue weighted by Crippen LogP contribution is -2.35. The topological polar surface area (TPSA) is 89.7 Å². The Hall–Kier alpha value is -1.95. The molecule has 0 aliphatic heterocycles. The first-order chi connectivity index (χ1) is 8.79. The molecule has 2 unspecified atom stereocenters. The fourth-order valence-corrected chi connectivity index (χ4v) is 1.88. The largest absolute Gasteiger partial charge is 0.461 e. The predicted molar refractivity (Wildman–Crippen MR) is 68.4 cm³/mol. The van der Waals surface area contributed by atoms with E-state index in [1.165, 1.54) is 18.2 Å². The van der Waals surface area contributed by atoms with Gasteiger partial charge in [-0.05, 0) is 6.07 Å². The minimum atomic E-state index is -1.26. The molecule has 6 nitrogen and oxygen atoms in total. The number of nitro benzene ring substituents is 1. The van der Waals surface area contributed by atoms with Gasteiger partial charge in [-0.2, -0.15) is 0 Å². The summed E-state index contributed by atoms with van der Waals surface area (Å²) in [5.41, 5.74) is -0.614. The summed E-state index contributed by atoms with van der Waals surface area (Å²) in [6, 6.07) is 5.86. The Morgan fingerprint density at radius 1 is 1.37 bits per heavy atom. The van der Waals surface area contributed by atoms with E-state index in [2.05, 4.69) is 0 Å². The summed E-state index contributed by atoms with van der Waals surface area (Å²) in [6.45, 7) is 5.57. The van der Waals surface area contributed by atoms with Gasteiger partial charge < -0.3 is 9.84 Å². The lowest BCUT2D eigenvalue weighted by atomic mass is 9.83. The molecular weight excluding hydrogens is 250 g/mol. The van der Waals surface area contributed by atoms with Gasteiger partial charge in [0.15, 0.2) is 0 Å². The normalized spacial score (nSPS) is 14.5. The Balaban J connectivity index is 3.20. The quantitative estimate of drug-likeness (QED) is 0.502. The van der Waals surface area contributed by atoms with Crippen LogP contribution in [-0.4, -0.2) is 22.6 Å². The third kappa shape index (κ3) is 3.51. The number of carbonyl (C=O) groups excluding carboxylic acids is 1. The fourth-order valence-electron chi connectivity index (χ4n) is 1.88. The monoisotopic (exact) mass is 267 g/mol. The maximum Gasteiger partial charge on any atom is 0.293 e. The van der Waals surface area contributed by atoms with E-state index < -0.39 is 22.5 Å².